The summed E-state index contributed by atoms with van der Waals surface area (Å²) < 4.78 is 21.4. The van der Waals surface area contributed by atoms with Gasteiger partial charge in [0.2, 0.25) is 0 Å². The van der Waals surface area contributed by atoms with Crippen molar-refractivity contribution in [1.29, 1.82) is 0 Å². The second-order valence-corrected chi connectivity index (χ2v) is 10.4. The molecule has 182 valence electrons. The number of carbonyl (C=O) groups excluding carboxylic acids is 1. The van der Waals surface area contributed by atoms with Gasteiger partial charge in [0.1, 0.15) is 17.2 Å². The van der Waals surface area contributed by atoms with Crippen molar-refractivity contribution in [3.8, 4) is 0 Å². The molecule has 7 nitrogen and oxygen atoms in total. The fourth-order valence-electron chi connectivity index (χ4n) is 4.62. The standard InChI is InChI=1S/C26H27ClFN5O2/c1-26(2,3)35-25(34)32-15-23-30-31-24(33(23)14-18-8-9-19(27)12-22(18)32)17-6-4-16(5-7-17)21-13-20(28)10-11-29-21/h4,8-13,17H,5-7,14-15H2,1-3H3/t17-/m1/s1. The van der Waals surface area contributed by atoms with Gasteiger partial charge in [0.05, 0.1) is 24.5 Å². The summed E-state index contributed by atoms with van der Waals surface area (Å²) in [4.78, 5) is 19.0. The minimum atomic E-state index is -0.635. The molecule has 0 bridgehead atoms. The van der Waals surface area contributed by atoms with Crippen LogP contribution in [0.2, 0.25) is 5.02 Å². The number of halogens is 2. The van der Waals surface area contributed by atoms with Crippen molar-refractivity contribution in [3.63, 3.8) is 0 Å². The van der Waals surface area contributed by atoms with Crippen LogP contribution in [0.15, 0.2) is 42.6 Å². The third kappa shape index (κ3) is 4.93. The lowest BCUT2D eigenvalue weighted by atomic mass is 9.87. The second kappa shape index (κ2) is 9.07. The van der Waals surface area contributed by atoms with E-state index < -0.39 is 11.7 Å². The first kappa shape index (κ1) is 23.5. The van der Waals surface area contributed by atoms with Gasteiger partial charge in [0.25, 0.3) is 0 Å². The summed E-state index contributed by atoms with van der Waals surface area (Å²) in [5.74, 6) is 1.46. The van der Waals surface area contributed by atoms with E-state index in [1.807, 2.05) is 32.9 Å². The number of anilines is 1. The number of ether oxygens (including phenoxy) is 1. The molecule has 5 rings (SSSR count). The van der Waals surface area contributed by atoms with Crippen LogP contribution in [0.1, 0.15) is 68.9 Å². The first-order valence-corrected chi connectivity index (χ1v) is 12.1. The summed E-state index contributed by atoms with van der Waals surface area (Å²) in [6.07, 6.45) is 5.55. The van der Waals surface area contributed by atoms with Crippen LogP contribution in [0.25, 0.3) is 5.57 Å². The average Bonchev–Trinajstić information content (AvgIpc) is 3.12. The first-order chi connectivity index (χ1) is 16.7. The Kier molecular flexibility index (Phi) is 6.09. The van der Waals surface area contributed by atoms with Crippen molar-refractivity contribution in [1.82, 2.24) is 19.7 Å². The third-order valence-electron chi connectivity index (χ3n) is 6.26. The molecule has 0 saturated heterocycles. The highest BCUT2D eigenvalue weighted by molar-refractivity contribution is 6.31. The highest BCUT2D eigenvalue weighted by atomic mass is 35.5. The van der Waals surface area contributed by atoms with Crippen molar-refractivity contribution in [2.45, 2.75) is 64.6 Å². The fraction of sp³-hybridized carbons (Fsp3) is 0.385. The molecule has 0 unspecified atom stereocenters. The molecule has 1 atom stereocenters. The van der Waals surface area contributed by atoms with E-state index in [2.05, 4.69) is 25.8 Å². The molecule has 2 aromatic heterocycles. The molecule has 9 heteroatoms. The van der Waals surface area contributed by atoms with E-state index in [0.29, 0.717) is 28.8 Å². The van der Waals surface area contributed by atoms with Gasteiger partial charge in [-0.15, -0.1) is 10.2 Å². The monoisotopic (exact) mass is 495 g/mol. The maximum absolute atomic E-state index is 13.6. The van der Waals surface area contributed by atoms with Gasteiger partial charge in [-0.2, -0.15) is 0 Å². The van der Waals surface area contributed by atoms with Crippen molar-refractivity contribution < 1.29 is 13.9 Å². The maximum Gasteiger partial charge on any atom is 0.415 e. The van der Waals surface area contributed by atoms with Crippen LogP contribution in [-0.2, 0) is 17.8 Å². The maximum atomic E-state index is 13.6. The summed E-state index contributed by atoms with van der Waals surface area (Å²) in [6, 6.07) is 8.38. The molecule has 1 aliphatic carbocycles. The number of rotatable bonds is 2. The summed E-state index contributed by atoms with van der Waals surface area (Å²) in [6.45, 7) is 6.28. The first-order valence-electron chi connectivity index (χ1n) is 11.7. The Morgan fingerprint density at radius 1 is 1.17 bits per heavy atom. The number of amides is 1. The van der Waals surface area contributed by atoms with E-state index in [9.17, 15) is 9.18 Å². The fourth-order valence-corrected chi connectivity index (χ4v) is 4.79. The van der Waals surface area contributed by atoms with Gasteiger partial charge >= 0.3 is 6.09 Å². The van der Waals surface area contributed by atoms with E-state index in [0.717, 1.165) is 36.2 Å². The number of benzene rings is 1. The van der Waals surface area contributed by atoms with Gasteiger partial charge in [-0.3, -0.25) is 9.88 Å². The minimum Gasteiger partial charge on any atom is -0.443 e. The number of nitrogens with zero attached hydrogens (tertiary/aromatic N) is 5. The van der Waals surface area contributed by atoms with E-state index in [1.54, 1.807) is 11.0 Å². The Morgan fingerprint density at radius 2 is 2.00 bits per heavy atom. The highest BCUT2D eigenvalue weighted by Gasteiger charge is 2.32. The van der Waals surface area contributed by atoms with Gasteiger partial charge in [-0.25, -0.2) is 9.18 Å². The molecule has 0 fully saturated rings. The Hall–Kier alpha value is -3.26. The van der Waals surface area contributed by atoms with E-state index in [-0.39, 0.29) is 18.3 Å². The largest absolute Gasteiger partial charge is 0.443 e. The number of hydrogen-bond acceptors (Lipinski definition) is 5. The van der Waals surface area contributed by atoms with Gasteiger partial charge in [0, 0.05) is 17.1 Å². The highest BCUT2D eigenvalue weighted by Crippen LogP contribution is 2.37. The molecule has 2 aliphatic rings. The zero-order chi connectivity index (χ0) is 24.7. The van der Waals surface area contributed by atoms with Crippen molar-refractivity contribution >= 4 is 29.0 Å². The normalized spacial score (nSPS) is 17.8. The Morgan fingerprint density at radius 3 is 2.71 bits per heavy atom. The predicted octanol–water partition coefficient (Wildman–Crippen LogP) is 6.12. The second-order valence-electron chi connectivity index (χ2n) is 9.96. The molecule has 1 aromatic carbocycles. The van der Waals surface area contributed by atoms with Gasteiger partial charge in [-0.05, 0) is 75.4 Å². The lowest BCUT2D eigenvalue weighted by Gasteiger charge is -2.27. The van der Waals surface area contributed by atoms with Gasteiger partial charge < -0.3 is 9.30 Å². The lowest BCUT2D eigenvalue weighted by molar-refractivity contribution is 0.0576. The van der Waals surface area contributed by atoms with Crippen LogP contribution >= 0.6 is 11.6 Å². The number of aromatic nitrogens is 4. The molecule has 1 aliphatic heterocycles. The third-order valence-corrected chi connectivity index (χ3v) is 6.50. The zero-order valence-corrected chi connectivity index (χ0v) is 20.7. The summed E-state index contributed by atoms with van der Waals surface area (Å²) in [5, 5.41) is 9.55. The predicted molar refractivity (Wildman–Crippen MR) is 132 cm³/mol. The SMILES string of the molecule is CC(C)(C)OC(=O)N1Cc2nnc([C@@H]3CC=C(c4cc(F)ccn4)CC3)n2Cc2ccc(Cl)cc21. The number of pyridine rings is 1. The van der Waals surface area contributed by atoms with Crippen LogP contribution < -0.4 is 4.90 Å². The van der Waals surface area contributed by atoms with Crippen molar-refractivity contribution in [2.75, 3.05) is 4.90 Å². The molecular formula is C26H27ClFN5O2. The van der Waals surface area contributed by atoms with E-state index >= 15 is 0 Å². The summed E-state index contributed by atoms with van der Waals surface area (Å²) in [7, 11) is 0. The molecule has 1 amide bonds. The van der Waals surface area contributed by atoms with Crippen LogP contribution in [-0.4, -0.2) is 31.4 Å². The van der Waals surface area contributed by atoms with Gasteiger partial charge in [0.15, 0.2) is 5.82 Å². The summed E-state index contributed by atoms with van der Waals surface area (Å²) >= 11 is 6.30. The van der Waals surface area contributed by atoms with Crippen molar-refractivity contribution in [3.05, 3.63) is 76.4 Å². The molecule has 0 saturated carbocycles. The number of carbonyl (C=O) groups is 1. The molecule has 0 radical (unpaired) electrons. The minimum absolute atomic E-state index is 0.164. The Bertz CT molecular complexity index is 1310. The zero-order valence-electron chi connectivity index (χ0n) is 20.0. The average molecular weight is 496 g/mol. The molecule has 35 heavy (non-hydrogen) atoms. The van der Waals surface area contributed by atoms with Gasteiger partial charge in [-0.1, -0.05) is 23.7 Å². The Balaban J connectivity index is 1.45. The molecule has 3 heterocycles. The van der Waals surface area contributed by atoms with E-state index in [1.165, 1.54) is 18.3 Å². The smallest absolute Gasteiger partial charge is 0.415 e. The lowest BCUT2D eigenvalue weighted by Crippen LogP contribution is -2.36. The number of hydrogen-bond donors (Lipinski definition) is 0. The van der Waals surface area contributed by atoms with Crippen LogP contribution in [0.5, 0.6) is 0 Å². The Labute approximate surface area is 208 Å². The number of allylic oxidation sites excluding steroid dienone is 2. The van der Waals surface area contributed by atoms with E-state index in [4.69, 9.17) is 16.3 Å². The van der Waals surface area contributed by atoms with Crippen LogP contribution in [0.3, 0.4) is 0 Å². The molecule has 3 aromatic rings. The number of fused-ring (bicyclic) bond motifs is 2. The molecule has 0 N–H and O–H groups in total. The quantitative estimate of drug-likeness (QED) is 0.428. The van der Waals surface area contributed by atoms with Crippen LogP contribution in [0.4, 0.5) is 14.9 Å². The molecule has 0 spiro atoms. The topological polar surface area (TPSA) is 73.1 Å². The summed E-state index contributed by atoms with van der Waals surface area (Å²) in [5.41, 5.74) is 2.75. The molecular weight excluding hydrogens is 469 g/mol. The van der Waals surface area contributed by atoms with Crippen molar-refractivity contribution in [2.24, 2.45) is 0 Å². The van der Waals surface area contributed by atoms with Crippen LogP contribution in [0, 0.1) is 5.82 Å².